The molecular formula is C19H38N4+2. The fraction of sp³-hybridized carbons (Fsp3) is 1.00. The Morgan fingerprint density at radius 3 is 2.09 bits per heavy atom. The zero-order valence-corrected chi connectivity index (χ0v) is 15.9. The summed E-state index contributed by atoms with van der Waals surface area (Å²) in [5.74, 6) is 0.244. The largest absolute Gasteiger partial charge is 0.356 e. The van der Waals surface area contributed by atoms with Gasteiger partial charge >= 0.3 is 5.91 Å². The first-order valence-electron chi connectivity index (χ1n) is 10.2. The molecule has 3 atom stereocenters. The predicted molar refractivity (Wildman–Crippen MR) is 94.6 cm³/mol. The van der Waals surface area contributed by atoms with Crippen LogP contribution in [0.1, 0.15) is 52.4 Å². The fourth-order valence-electron chi connectivity index (χ4n) is 7.65. The molecule has 4 fully saturated rings. The first-order valence-corrected chi connectivity index (χ1v) is 10.2. The Kier molecular flexibility index (Phi) is 3.84. The average Bonchev–Trinajstić information content (AvgIpc) is 3.29. The van der Waals surface area contributed by atoms with Gasteiger partial charge in [0.05, 0.1) is 38.8 Å². The van der Waals surface area contributed by atoms with Gasteiger partial charge in [-0.1, -0.05) is 13.8 Å². The summed E-state index contributed by atoms with van der Waals surface area (Å²) in [6.45, 7) is 13.2. The summed E-state index contributed by atoms with van der Waals surface area (Å²) in [4.78, 5) is 5.70. The van der Waals surface area contributed by atoms with Gasteiger partial charge in [-0.15, -0.1) is 0 Å². The molecule has 3 spiro atoms. The molecule has 0 N–H and O–H groups in total. The van der Waals surface area contributed by atoms with E-state index in [9.17, 15) is 0 Å². The van der Waals surface area contributed by atoms with Gasteiger partial charge in [0.25, 0.3) is 0 Å². The topological polar surface area (TPSA) is 6.48 Å². The molecule has 4 heterocycles. The number of quaternary nitrogens is 2. The molecule has 0 aromatic carbocycles. The van der Waals surface area contributed by atoms with Crippen LogP contribution in [0.15, 0.2) is 0 Å². The van der Waals surface area contributed by atoms with Crippen molar-refractivity contribution in [3.8, 4) is 0 Å². The maximum absolute atomic E-state index is 2.87. The van der Waals surface area contributed by atoms with Crippen molar-refractivity contribution in [1.29, 1.82) is 0 Å². The standard InChI is InChI=1S/C19H38N4/c1-5-17-16-22(11-7-8-12-22)19(21(17)4)20(3)15-18(6-2)23(19)13-9-10-14-23/h17-18H,5-16H2,1-4H3/q+2. The summed E-state index contributed by atoms with van der Waals surface area (Å²) in [6.07, 6.45) is 8.42. The SMILES string of the molecule is CCC1C[N+]2(CCCC2)C2(N(C)CC(CC)[N+]23CCCC3)N1C. The van der Waals surface area contributed by atoms with Gasteiger partial charge in [0.1, 0.15) is 12.6 Å². The summed E-state index contributed by atoms with van der Waals surface area (Å²) >= 11 is 0. The normalized spacial score (nSPS) is 42.8. The van der Waals surface area contributed by atoms with E-state index in [-0.39, 0.29) is 5.91 Å². The van der Waals surface area contributed by atoms with Crippen molar-refractivity contribution in [1.82, 2.24) is 9.80 Å². The molecule has 0 aromatic heterocycles. The van der Waals surface area contributed by atoms with Crippen LogP contribution in [0.5, 0.6) is 0 Å². The van der Waals surface area contributed by atoms with E-state index in [1.807, 2.05) is 0 Å². The third kappa shape index (κ3) is 1.71. The Morgan fingerprint density at radius 2 is 1.52 bits per heavy atom. The second kappa shape index (κ2) is 5.42. The summed E-state index contributed by atoms with van der Waals surface area (Å²) in [5.41, 5.74) is 0. The van der Waals surface area contributed by atoms with E-state index < -0.39 is 0 Å². The predicted octanol–water partition coefficient (Wildman–Crippen LogP) is 2.27. The van der Waals surface area contributed by atoms with E-state index in [2.05, 4.69) is 37.7 Å². The average molecular weight is 323 g/mol. The molecule has 0 saturated carbocycles. The highest BCUT2D eigenvalue weighted by Crippen LogP contribution is 2.55. The van der Waals surface area contributed by atoms with Crippen LogP contribution >= 0.6 is 0 Å². The van der Waals surface area contributed by atoms with Crippen molar-refractivity contribution < 1.29 is 8.97 Å². The minimum atomic E-state index is 0.244. The lowest BCUT2D eigenvalue weighted by molar-refractivity contribution is -1.17. The number of nitrogens with zero attached hydrogens (tertiary/aromatic N) is 4. The second-order valence-corrected chi connectivity index (χ2v) is 8.89. The van der Waals surface area contributed by atoms with Gasteiger partial charge in [0, 0.05) is 39.8 Å². The number of hydrogen-bond donors (Lipinski definition) is 0. The van der Waals surface area contributed by atoms with Gasteiger partial charge in [-0.05, 0) is 12.8 Å². The molecule has 0 aromatic rings. The fourth-order valence-corrected chi connectivity index (χ4v) is 7.65. The second-order valence-electron chi connectivity index (χ2n) is 8.89. The molecule has 0 aliphatic carbocycles. The third-order valence-electron chi connectivity index (χ3n) is 8.24. The Labute approximate surface area is 143 Å². The van der Waals surface area contributed by atoms with Gasteiger partial charge in [-0.25, -0.2) is 8.97 Å². The van der Waals surface area contributed by atoms with Crippen molar-refractivity contribution in [2.75, 3.05) is 53.4 Å². The first-order chi connectivity index (χ1) is 11.1. The highest BCUT2D eigenvalue weighted by Gasteiger charge is 2.80. The molecule has 4 nitrogen and oxygen atoms in total. The van der Waals surface area contributed by atoms with Crippen LogP contribution in [0.25, 0.3) is 0 Å². The zero-order chi connectivity index (χ0) is 16.3. The number of rotatable bonds is 2. The van der Waals surface area contributed by atoms with E-state index in [1.54, 1.807) is 0 Å². The molecule has 4 rings (SSSR count). The van der Waals surface area contributed by atoms with E-state index >= 15 is 0 Å². The number of likely N-dealkylation sites (N-methyl/N-ethyl adjacent to an activating group) is 2. The summed E-state index contributed by atoms with van der Waals surface area (Å²) in [5, 5.41) is 0. The van der Waals surface area contributed by atoms with Crippen LogP contribution in [0, 0.1) is 0 Å². The van der Waals surface area contributed by atoms with Crippen molar-refractivity contribution in [2.45, 2.75) is 70.4 Å². The van der Waals surface area contributed by atoms with Crippen molar-refractivity contribution in [2.24, 2.45) is 0 Å². The first kappa shape index (κ1) is 16.3. The van der Waals surface area contributed by atoms with Crippen LogP contribution in [0.2, 0.25) is 0 Å². The van der Waals surface area contributed by atoms with Gasteiger partial charge in [0.15, 0.2) is 0 Å². The molecule has 4 aliphatic rings. The molecular weight excluding hydrogens is 284 g/mol. The van der Waals surface area contributed by atoms with Crippen molar-refractivity contribution in [3.63, 3.8) is 0 Å². The monoisotopic (exact) mass is 322 g/mol. The summed E-state index contributed by atoms with van der Waals surface area (Å²) in [6, 6.07) is 1.61. The van der Waals surface area contributed by atoms with Gasteiger partial charge < -0.3 is 0 Å². The lowest BCUT2D eigenvalue weighted by Crippen LogP contribution is -2.82. The van der Waals surface area contributed by atoms with Gasteiger partial charge in [0.2, 0.25) is 0 Å². The zero-order valence-electron chi connectivity index (χ0n) is 15.9. The lowest BCUT2D eigenvalue weighted by atomic mass is 10.1. The van der Waals surface area contributed by atoms with Crippen LogP contribution in [0.3, 0.4) is 0 Å². The highest BCUT2D eigenvalue weighted by molar-refractivity contribution is 4.94. The van der Waals surface area contributed by atoms with Gasteiger partial charge in [-0.2, -0.15) is 9.80 Å². The Hall–Kier alpha value is -0.160. The third-order valence-corrected chi connectivity index (χ3v) is 8.24. The molecule has 0 radical (unpaired) electrons. The van der Waals surface area contributed by atoms with Crippen molar-refractivity contribution >= 4 is 0 Å². The van der Waals surface area contributed by atoms with Crippen LogP contribution in [-0.4, -0.2) is 90.1 Å². The lowest BCUT2D eigenvalue weighted by Gasteiger charge is -2.56. The molecule has 4 aliphatic heterocycles. The van der Waals surface area contributed by atoms with Gasteiger partial charge in [-0.3, -0.25) is 0 Å². The number of hydrogen-bond acceptors (Lipinski definition) is 2. The summed E-state index contributed by atoms with van der Waals surface area (Å²) < 4.78 is 2.78. The van der Waals surface area contributed by atoms with Crippen LogP contribution < -0.4 is 0 Å². The Morgan fingerprint density at radius 1 is 0.913 bits per heavy atom. The molecule has 4 saturated heterocycles. The highest BCUT2D eigenvalue weighted by atomic mass is 15.9. The number of fused-ring (bicyclic) bond motifs is 2. The van der Waals surface area contributed by atoms with E-state index in [1.165, 1.54) is 86.8 Å². The smallest absolute Gasteiger partial charge is 0.241 e. The van der Waals surface area contributed by atoms with Crippen LogP contribution in [0.4, 0.5) is 0 Å². The molecule has 132 valence electrons. The summed E-state index contributed by atoms with van der Waals surface area (Å²) in [7, 11) is 4.94. The minimum absolute atomic E-state index is 0.244. The molecule has 23 heavy (non-hydrogen) atoms. The molecule has 0 bridgehead atoms. The van der Waals surface area contributed by atoms with E-state index in [0.29, 0.717) is 0 Å². The van der Waals surface area contributed by atoms with E-state index in [0.717, 1.165) is 12.1 Å². The quantitative estimate of drug-likeness (QED) is 0.720. The maximum atomic E-state index is 2.87. The van der Waals surface area contributed by atoms with Crippen LogP contribution in [-0.2, 0) is 0 Å². The Balaban J connectivity index is 1.90. The van der Waals surface area contributed by atoms with E-state index in [4.69, 9.17) is 0 Å². The minimum Gasteiger partial charge on any atom is -0.241 e. The molecule has 4 heteroatoms. The molecule has 3 unspecified atom stereocenters. The Bertz CT molecular complexity index is 452. The molecule has 0 amide bonds. The maximum Gasteiger partial charge on any atom is 0.356 e. The van der Waals surface area contributed by atoms with Crippen molar-refractivity contribution in [3.05, 3.63) is 0 Å².